The summed E-state index contributed by atoms with van der Waals surface area (Å²) in [5.41, 5.74) is 2.22. The Morgan fingerprint density at radius 1 is 1.40 bits per heavy atom. The van der Waals surface area contributed by atoms with E-state index in [1.807, 2.05) is 11.4 Å². The fraction of sp³-hybridized carbons (Fsp3) is 0.286. The second-order valence-corrected chi connectivity index (χ2v) is 5.93. The number of hydrogen-bond acceptors (Lipinski definition) is 3. The molecular formula is C14H13ClFN3S. The highest BCUT2D eigenvalue weighted by Crippen LogP contribution is 2.22. The van der Waals surface area contributed by atoms with E-state index in [1.165, 1.54) is 6.07 Å². The van der Waals surface area contributed by atoms with Crippen molar-refractivity contribution in [1.82, 2.24) is 14.5 Å². The van der Waals surface area contributed by atoms with Crippen LogP contribution in [0.5, 0.6) is 0 Å². The lowest BCUT2D eigenvalue weighted by Gasteiger charge is -2.07. The van der Waals surface area contributed by atoms with Crippen LogP contribution in [0.4, 0.5) is 4.39 Å². The monoisotopic (exact) mass is 309 g/mol. The van der Waals surface area contributed by atoms with E-state index in [4.69, 9.17) is 11.6 Å². The highest BCUT2D eigenvalue weighted by atomic mass is 35.5. The SMILES string of the molecule is Cc1cc2c(cc1F)nc(CCCl)n2Cc1nccs1. The molecule has 2 heterocycles. The first-order valence-electron chi connectivity index (χ1n) is 6.28. The summed E-state index contributed by atoms with van der Waals surface area (Å²) in [5.74, 6) is 1.13. The molecule has 0 fully saturated rings. The molecule has 0 aliphatic rings. The van der Waals surface area contributed by atoms with E-state index in [0.29, 0.717) is 29.9 Å². The normalized spacial score (nSPS) is 11.3. The first-order valence-corrected chi connectivity index (χ1v) is 7.70. The molecule has 0 saturated carbocycles. The van der Waals surface area contributed by atoms with Crippen molar-refractivity contribution in [3.8, 4) is 0 Å². The van der Waals surface area contributed by atoms with Crippen LogP contribution in [-0.4, -0.2) is 20.4 Å². The van der Waals surface area contributed by atoms with Gasteiger partial charge in [0.2, 0.25) is 0 Å². The van der Waals surface area contributed by atoms with Crippen LogP contribution in [0, 0.1) is 12.7 Å². The zero-order valence-corrected chi connectivity index (χ0v) is 12.5. The van der Waals surface area contributed by atoms with E-state index in [0.717, 1.165) is 16.3 Å². The van der Waals surface area contributed by atoms with Gasteiger partial charge >= 0.3 is 0 Å². The van der Waals surface area contributed by atoms with Crippen LogP contribution in [-0.2, 0) is 13.0 Å². The number of imidazole rings is 1. The summed E-state index contributed by atoms with van der Waals surface area (Å²) in [6.45, 7) is 2.40. The topological polar surface area (TPSA) is 30.7 Å². The largest absolute Gasteiger partial charge is 0.321 e. The highest BCUT2D eigenvalue weighted by molar-refractivity contribution is 7.09. The molecule has 0 atom stereocenters. The fourth-order valence-electron chi connectivity index (χ4n) is 2.22. The standard InChI is InChI=1S/C14H13ClFN3S/c1-9-6-12-11(7-10(9)16)18-13(2-3-15)19(12)8-14-17-4-5-20-14/h4-7H,2-3,8H2,1H3. The first-order chi connectivity index (χ1) is 9.69. The van der Waals surface area contributed by atoms with E-state index in [2.05, 4.69) is 14.5 Å². The average Bonchev–Trinajstić information content (AvgIpc) is 3.02. The number of rotatable bonds is 4. The van der Waals surface area contributed by atoms with Gasteiger partial charge in [-0.25, -0.2) is 14.4 Å². The summed E-state index contributed by atoms with van der Waals surface area (Å²) in [4.78, 5) is 8.80. The van der Waals surface area contributed by atoms with Gasteiger partial charge in [0.05, 0.1) is 17.6 Å². The van der Waals surface area contributed by atoms with Gasteiger partial charge in [-0.2, -0.15) is 0 Å². The lowest BCUT2D eigenvalue weighted by Crippen LogP contribution is -2.05. The molecule has 0 saturated heterocycles. The molecule has 0 radical (unpaired) electrons. The predicted octanol–water partition coefficient (Wildman–Crippen LogP) is 3.77. The summed E-state index contributed by atoms with van der Waals surface area (Å²) in [5, 5.41) is 2.95. The lowest BCUT2D eigenvalue weighted by molar-refractivity contribution is 0.620. The first kappa shape index (κ1) is 13.5. The number of alkyl halides is 1. The molecule has 2 aromatic heterocycles. The minimum Gasteiger partial charge on any atom is -0.321 e. The molecule has 6 heteroatoms. The van der Waals surface area contributed by atoms with Gasteiger partial charge in [0, 0.05) is 29.9 Å². The Kier molecular flexibility index (Phi) is 3.72. The van der Waals surface area contributed by atoms with Crippen molar-refractivity contribution in [2.45, 2.75) is 19.9 Å². The second kappa shape index (κ2) is 5.50. The van der Waals surface area contributed by atoms with Crippen LogP contribution in [0.15, 0.2) is 23.7 Å². The molecule has 0 amide bonds. The summed E-state index contributed by atoms with van der Waals surface area (Å²) in [6.07, 6.45) is 2.44. The van der Waals surface area contributed by atoms with Crippen LogP contribution in [0.2, 0.25) is 0 Å². The van der Waals surface area contributed by atoms with Crippen LogP contribution >= 0.6 is 22.9 Å². The number of hydrogen-bond donors (Lipinski definition) is 0. The number of halogens is 2. The van der Waals surface area contributed by atoms with Crippen LogP contribution < -0.4 is 0 Å². The molecule has 0 spiro atoms. The van der Waals surface area contributed by atoms with E-state index < -0.39 is 0 Å². The number of aromatic nitrogens is 3. The number of thiazole rings is 1. The Bertz CT molecular complexity index is 737. The Morgan fingerprint density at radius 2 is 2.25 bits per heavy atom. The summed E-state index contributed by atoms with van der Waals surface area (Å²) in [6, 6.07) is 3.32. The third-order valence-corrected chi connectivity index (χ3v) is 4.16. The third-order valence-electron chi connectivity index (χ3n) is 3.20. The molecule has 0 N–H and O–H groups in total. The van der Waals surface area contributed by atoms with Gasteiger partial charge in [-0.1, -0.05) is 0 Å². The van der Waals surface area contributed by atoms with Gasteiger partial charge in [0.1, 0.15) is 16.6 Å². The Balaban J connectivity index is 2.15. The van der Waals surface area contributed by atoms with Crippen molar-refractivity contribution >= 4 is 34.0 Å². The van der Waals surface area contributed by atoms with Crippen LogP contribution in [0.1, 0.15) is 16.4 Å². The molecule has 3 aromatic rings. The van der Waals surface area contributed by atoms with Crippen molar-refractivity contribution < 1.29 is 4.39 Å². The Hall–Kier alpha value is -1.46. The quantitative estimate of drug-likeness (QED) is 0.687. The van der Waals surface area contributed by atoms with Crippen LogP contribution in [0.3, 0.4) is 0 Å². The Labute approximate surface area is 125 Å². The van der Waals surface area contributed by atoms with E-state index in [-0.39, 0.29) is 5.82 Å². The molecule has 0 bridgehead atoms. The maximum atomic E-state index is 13.7. The zero-order chi connectivity index (χ0) is 14.1. The summed E-state index contributed by atoms with van der Waals surface area (Å²) >= 11 is 7.44. The number of benzene rings is 1. The highest BCUT2D eigenvalue weighted by Gasteiger charge is 2.13. The van der Waals surface area contributed by atoms with Gasteiger partial charge in [0.15, 0.2) is 0 Å². The minimum absolute atomic E-state index is 0.228. The smallest absolute Gasteiger partial charge is 0.128 e. The molecule has 0 aliphatic carbocycles. The molecule has 0 aliphatic heterocycles. The van der Waals surface area contributed by atoms with Gasteiger partial charge in [0.25, 0.3) is 0 Å². The van der Waals surface area contributed by atoms with Gasteiger partial charge < -0.3 is 4.57 Å². The van der Waals surface area contributed by atoms with Crippen molar-refractivity contribution in [2.24, 2.45) is 0 Å². The molecule has 104 valence electrons. The molecule has 3 nitrogen and oxygen atoms in total. The molecule has 0 unspecified atom stereocenters. The van der Waals surface area contributed by atoms with E-state index in [9.17, 15) is 4.39 Å². The zero-order valence-electron chi connectivity index (χ0n) is 10.9. The predicted molar refractivity (Wildman–Crippen MR) is 80.1 cm³/mol. The van der Waals surface area contributed by atoms with E-state index >= 15 is 0 Å². The molecule has 20 heavy (non-hydrogen) atoms. The van der Waals surface area contributed by atoms with E-state index in [1.54, 1.807) is 24.5 Å². The number of fused-ring (bicyclic) bond motifs is 1. The van der Waals surface area contributed by atoms with Gasteiger partial charge in [-0.15, -0.1) is 22.9 Å². The average molecular weight is 310 g/mol. The minimum atomic E-state index is -0.228. The Morgan fingerprint density at radius 3 is 2.95 bits per heavy atom. The van der Waals surface area contributed by atoms with Gasteiger partial charge in [-0.3, -0.25) is 0 Å². The third kappa shape index (κ3) is 2.43. The van der Waals surface area contributed by atoms with Crippen molar-refractivity contribution in [2.75, 3.05) is 5.88 Å². The maximum Gasteiger partial charge on any atom is 0.128 e. The van der Waals surface area contributed by atoms with Crippen molar-refractivity contribution in [3.63, 3.8) is 0 Å². The summed E-state index contributed by atoms with van der Waals surface area (Å²) < 4.78 is 15.7. The van der Waals surface area contributed by atoms with Gasteiger partial charge in [-0.05, 0) is 18.6 Å². The molecular weight excluding hydrogens is 297 g/mol. The summed E-state index contributed by atoms with van der Waals surface area (Å²) in [7, 11) is 0. The second-order valence-electron chi connectivity index (χ2n) is 4.57. The molecule has 1 aromatic carbocycles. The molecule has 3 rings (SSSR count). The van der Waals surface area contributed by atoms with Crippen molar-refractivity contribution in [1.29, 1.82) is 0 Å². The fourth-order valence-corrected chi connectivity index (χ4v) is 2.99. The lowest BCUT2D eigenvalue weighted by atomic mass is 10.2. The number of nitrogens with zero attached hydrogens (tertiary/aromatic N) is 3. The number of aryl methyl sites for hydroxylation is 2. The van der Waals surface area contributed by atoms with Crippen LogP contribution in [0.25, 0.3) is 11.0 Å². The maximum absolute atomic E-state index is 13.7. The van der Waals surface area contributed by atoms with Crippen molar-refractivity contribution in [3.05, 3.63) is 45.9 Å².